The number of halogens is 1. The van der Waals surface area contributed by atoms with Crippen molar-refractivity contribution in [3.63, 3.8) is 0 Å². The number of nitrogens with zero attached hydrogens (tertiary/aromatic N) is 1. The molecule has 0 saturated carbocycles. The van der Waals surface area contributed by atoms with E-state index in [1.807, 2.05) is 0 Å². The number of hydrogen-bond donors (Lipinski definition) is 1. The van der Waals surface area contributed by atoms with Crippen molar-refractivity contribution in [2.45, 2.75) is 6.42 Å². The molecular formula is C11H11ClN2O4. The van der Waals surface area contributed by atoms with Gasteiger partial charge in [0.15, 0.2) is 5.58 Å². The van der Waals surface area contributed by atoms with Gasteiger partial charge < -0.3 is 19.7 Å². The Hall–Kier alpha value is -1.95. The Morgan fingerprint density at radius 2 is 2.28 bits per heavy atom. The molecule has 1 aromatic carbocycles. The molecule has 0 atom stereocenters. The number of rotatable bonds is 5. The summed E-state index contributed by atoms with van der Waals surface area (Å²) in [5.41, 5.74) is 5.42. The molecule has 2 rings (SSSR count). The number of fused-ring (bicyclic) bond motifs is 1. The molecule has 0 bridgehead atoms. The summed E-state index contributed by atoms with van der Waals surface area (Å²) in [6.07, 6.45) is -0.286. The molecule has 18 heavy (non-hydrogen) atoms. The van der Waals surface area contributed by atoms with Gasteiger partial charge in [0, 0.05) is 11.4 Å². The van der Waals surface area contributed by atoms with Gasteiger partial charge in [-0.3, -0.25) is 0 Å². The van der Waals surface area contributed by atoms with Crippen molar-refractivity contribution in [2.24, 2.45) is 5.73 Å². The topological polar surface area (TPSA) is 87.6 Å². The molecule has 0 unspecified atom stereocenters. The van der Waals surface area contributed by atoms with E-state index in [4.69, 9.17) is 26.6 Å². The maximum Gasteiger partial charge on any atom is 0.404 e. The number of aromatic nitrogens is 1. The minimum absolute atomic E-state index is 0.200. The molecule has 0 saturated heterocycles. The maximum atomic E-state index is 10.3. The van der Waals surface area contributed by atoms with E-state index < -0.39 is 6.09 Å². The van der Waals surface area contributed by atoms with Crippen molar-refractivity contribution >= 4 is 28.7 Å². The van der Waals surface area contributed by atoms with Crippen LogP contribution < -0.4 is 10.5 Å². The van der Waals surface area contributed by atoms with Crippen LogP contribution in [-0.2, 0) is 4.74 Å². The molecule has 0 radical (unpaired) electrons. The summed E-state index contributed by atoms with van der Waals surface area (Å²) in [7, 11) is 0. The summed E-state index contributed by atoms with van der Waals surface area (Å²) in [6, 6.07) is 5.13. The molecule has 96 valence electrons. The number of nitrogens with two attached hydrogens (primary N) is 1. The van der Waals surface area contributed by atoms with E-state index in [0.29, 0.717) is 34.9 Å². The highest BCUT2D eigenvalue weighted by atomic mass is 35.5. The molecule has 1 heterocycles. The van der Waals surface area contributed by atoms with Crippen molar-refractivity contribution in [1.82, 2.24) is 5.16 Å². The lowest BCUT2D eigenvalue weighted by atomic mass is 10.2. The minimum Gasteiger partial charge on any atom is -0.475 e. The van der Waals surface area contributed by atoms with E-state index in [1.165, 1.54) is 0 Å². The second-order valence-electron chi connectivity index (χ2n) is 3.50. The van der Waals surface area contributed by atoms with E-state index in [-0.39, 0.29) is 6.61 Å². The van der Waals surface area contributed by atoms with Gasteiger partial charge >= 0.3 is 6.09 Å². The van der Waals surface area contributed by atoms with Crippen molar-refractivity contribution < 1.29 is 18.8 Å². The van der Waals surface area contributed by atoms with Crippen LogP contribution in [0.5, 0.6) is 5.88 Å². The zero-order valence-corrected chi connectivity index (χ0v) is 10.1. The van der Waals surface area contributed by atoms with E-state index in [2.05, 4.69) is 9.89 Å². The number of ether oxygens (including phenoxy) is 2. The third kappa shape index (κ3) is 3.04. The molecule has 0 aliphatic carbocycles. The predicted octanol–water partition coefficient (Wildman–Crippen LogP) is 2.35. The molecule has 0 aliphatic rings. The molecule has 0 spiro atoms. The molecule has 1 aromatic heterocycles. The third-order valence-corrected chi connectivity index (χ3v) is 2.41. The van der Waals surface area contributed by atoms with Gasteiger partial charge in [0.05, 0.1) is 18.6 Å². The van der Waals surface area contributed by atoms with Gasteiger partial charge in [-0.1, -0.05) is 11.6 Å². The summed E-state index contributed by atoms with van der Waals surface area (Å²) < 4.78 is 15.0. The summed E-state index contributed by atoms with van der Waals surface area (Å²) >= 11 is 5.87. The summed E-state index contributed by atoms with van der Waals surface area (Å²) in [4.78, 5) is 10.3. The molecule has 1 amide bonds. The fourth-order valence-corrected chi connectivity index (χ4v) is 1.57. The lowest BCUT2D eigenvalue weighted by molar-refractivity contribution is 0.146. The van der Waals surface area contributed by atoms with Crippen molar-refractivity contribution in [3.05, 3.63) is 23.2 Å². The monoisotopic (exact) mass is 270 g/mol. The van der Waals surface area contributed by atoms with Gasteiger partial charge in [-0.2, -0.15) is 0 Å². The van der Waals surface area contributed by atoms with Crippen LogP contribution >= 0.6 is 11.6 Å². The van der Waals surface area contributed by atoms with E-state index in [9.17, 15) is 4.79 Å². The van der Waals surface area contributed by atoms with Gasteiger partial charge in [0.1, 0.15) is 0 Å². The lowest BCUT2D eigenvalue weighted by Crippen LogP contribution is -2.15. The van der Waals surface area contributed by atoms with Gasteiger partial charge in [-0.15, -0.1) is 0 Å². The Labute approximate surface area is 108 Å². The largest absolute Gasteiger partial charge is 0.475 e. The number of carbonyl (C=O) groups excluding carboxylic acids is 1. The van der Waals surface area contributed by atoms with Crippen LogP contribution in [-0.4, -0.2) is 24.5 Å². The van der Waals surface area contributed by atoms with Crippen LogP contribution in [0.4, 0.5) is 4.79 Å². The van der Waals surface area contributed by atoms with Crippen LogP contribution in [0.2, 0.25) is 5.02 Å². The second kappa shape index (κ2) is 5.59. The molecule has 2 N–H and O–H groups in total. The Morgan fingerprint density at radius 1 is 1.44 bits per heavy atom. The first-order valence-corrected chi connectivity index (χ1v) is 5.64. The summed E-state index contributed by atoms with van der Waals surface area (Å²) in [6.45, 7) is 0.535. The molecule has 7 heteroatoms. The standard InChI is InChI=1S/C11H11ClN2O4/c12-7-2-3-9-8(6-7)10(14-18-9)16-4-1-5-17-11(13)15/h2-3,6H,1,4-5H2,(H2,13,15). The number of amides is 1. The predicted molar refractivity (Wildman–Crippen MR) is 64.7 cm³/mol. The van der Waals surface area contributed by atoms with Crippen LogP contribution in [0.1, 0.15) is 6.42 Å². The SMILES string of the molecule is NC(=O)OCCCOc1noc2ccc(Cl)cc12. The van der Waals surface area contributed by atoms with Gasteiger partial charge in [0.25, 0.3) is 5.88 Å². The maximum absolute atomic E-state index is 10.3. The number of benzene rings is 1. The van der Waals surface area contributed by atoms with Crippen molar-refractivity contribution in [2.75, 3.05) is 13.2 Å². The molecule has 6 nitrogen and oxygen atoms in total. The average Bonchev–Trinajstić information content (AvgIpc) is 2.71. The highest BCUT2D eigenvalue weighted by molar-refractivity contribution is 6.31. The first-order valence-electron chi connectivity index (χ1n) is 5.27. The second-order valence-corrected chi connectivity index (χ2v) is 3.93. The van der Waals surface area contributed by atoms with Crippen molar-refractivity contribution in [3.8, 4) is 5.88 Å². The number of hydrogen-bond acceptors (Lipinski definition) is 5. The smallest absolute Gasteiger partial charge is 0.404 e. The number of primary amides is 1. The van der Waals surface area contributed by atoms with Crippen LogP contribution in [0.25, 0.3) is 11.0 Å². The fraction of sp³-hybridized carbons (Fsp3) is 0.273. The molecular weight excluding hydrogens is 260 g/mol. The van der Waals surface area contributed by atoms with E-state index in [1.54, 1.807) is 18.2 Å². The van der Waals surface area contributed by atoms with Gasteiger partial charge in [-0.25, -0.2) is 4.79 Å². The quantitative estimate of drug-likeness (QED) is 0.843. The molecule has 2 aromatic rings. The Balaban J connectivity index is 1.91. The van der Waals surface area contributed by atoms with E-state index in [0.717, 1.165) is 0 Å². The minimum atomic E-state index is -0.798. The van der Waals surface area contributed by atoms with Crippen LogP contribution in [0.15, 0.2) is 22.7 Å². The first kappa shape index (κ1) is 12.5. The van der Waals surface area contributed by atoms with Gasteiger partial charge in [-0.05, 0) is 23.4 Å². The normalized spacial score (nSPS) is 10.5. The van der Waals surface area contributed by atoms with Crippen molar-refractivity contribution in [1.29, 1.82) is 0 Å². The molecule has 0 fully saturated rings. The third-order valence-electron chi connectivity index (χ3n) is 2.17. The fourth-order valence-electron chi connectivity index (χ4n) is 1.39. The number of carbonyl (C=O) groups is 1. The van der Waals surface area contributed by atoms with Crippen LogP contribution in [0, 0.1) is 0 Å². The zero-order valence-electron chi connectivity index (χ0n) is 9.39. The zero-order chi connectivity index (χ0) is 13.0. The van der Waals surface area contributed by atoms with Gasteiger partial charge in [0.2, 0.25) is 0 Å². The highest BCUT2D eigenvalue weighted by Crippen LogP contribution is 2.27. The summed E-state index contributed by atoms with van der Waals surface area (Å²) in [5, 5.41) is 5.06. The van der Waals surface area contributed by atoms with E-state index >= 15 is 0 Å². The Morgan fingerprint density at radius 3 is 3.06 bits per heavy atom. The Bertz CT molecular complexity index is 555. The van der Waals surface area contributed by atoms with Crippen LogP contribution in [0.3, 0.4) is 0 Å². The average molecular weight is 271 g/mol. The highest BCUT2D eigenvalue weighted by Gasteiger charge is 2.09. The Kier molecular flexibility index (Phi) is 3.88. The first-order chi connectivity index (χ1) is 8.66. The summed E-state index contributed by atoms with van der Waals surface area (Å²) in [5.74, 6) is 0.367. The lowest BCUT2D eigenvalue weighted by Gasteiger charge is -2.02. The molecule has 0 aliphatic heterocycles.